The number of benzene rings is 1. The van der Waals surface area contributed by atoms with E-state index in [0.29, 0.717) is 4.64 Å². The van der Waals surface area contributed by atoms with Crippen LogP contribution in [0.2, 0.25) is 0 Å². The highest BCUT2D eigenvalue weighted by Gasteiger charge is 2.15. The molecule has 20 heavy (non-hydrogen) atoms. The fourth-order valence-corrected chi connectivity index (χ4v) is 2.95. The van der Waals surface area contributed by atoms with Crippen molar-refractivity contribution in [1.82, 2.24) is 9.97 Å². The highest BCUT2D eigenvalue weighted by Crippen LogP contribution is 2.24. The predicted molar refractivity (Wildman–Crippen MR) is 88.9 cm³/mol. The molecular weight excluding hydrogens is 284 g/mol. The molecule has 2 aromatic rings. The van der Waals surface area contributed by atoms with Crippen molar-refractivity contribution in [3.63, 3.8) is 0 Å². The van der Waals surface area contributed by atoms with Gasteiger partial charge in [0.15, 0.2) is 0 Å². The van der Waals surface area contributed by atoms with Crippen molar-refractivity contribution in [1.29, 1.82) is 0 Å². The largest absolute Gasteiger partial charge is 0.346 e. The fourth-order valence-electron chi connectivity index (χ4n) is 1.84. The maximum absolute atomic E-state index is 5.27. The lowest BCUT2D eigenvalue weighted by Crippen LogP contribution is -2.15. The van der Waals surface area contributed by atoms with Crippen molar-refractivity contribution in [2.45, 2.75) is 43.8 Å². The summed E-state index contributed by atoms with van der Waals surface area (Å²) in [5.74, 6) is 1.74. The van der Waals surface area contributed by atoms with Gasteiger partial charge in [0.2, 0.25) is 0 Å². The summed E-state index contributed by atoms with van der Waals surface area (Å²) in [6.07, 6.45) is 0. The van der Waals surface area contributed by atoms with Gasteiger partial charge in [0, 0.05) is 16.0 Å². The lowest BCUT2D eigenvalue weighted by Gasteiger charge is -2.19. The summed E-state index contributed by atoms with van der Waals surface area (Å²) in [7, 11) is 0. The fraction of sp³-hybridized carbons (Fsp3) is 0.375. The van der Waals surface area contributed by atoms with Gasteiger partial charge in [0.1, 0.15) is 10.5 Å². The second-order valence-corrected chi connectivity index (χ2v) is 7.40. The van der Waals surface area contributed by atoms with Crippen LogP contribution in [0.3, 0.4) is 0 Å². The number of nitrogens with one attached hydrogen (secondary N) is 1. The molecule has 0 aliphatic carbocycles. The Balaban J connectivity index is 2.18. The van der Waals surface area contributed by atoms with E-state index in [1.54, 1.807) is 11.8 Å². The highest BCUT2D eigenvalue weighted by molar-refractivity contribution is 7.98. The van der Waals surface area contributed by atoms with E-state index in [4.69, 9.17) is 12.2 Å². The first-order valence-corrected chi connectivity index (χ1v) is 8.04. The van der Waals surface area contributed by atoms with Gasteiger partial charge in [-0.1, -0.05) is 50.7 Å². The van der Waals surface area contributed by atoms with Gasteiger partial charge in [-0.15, -0.1) is 11.8 Å². The van der Waals surface area contributed by atoms with Gasteiger partial charge < -0.3 is 4.98 Å². The van der Waals surface area contributed by atoms with E-state index in [-0.39, 0.29) is 5.41 Å². The van der Waals surface area contributed by atoms with E-state index in [1.165, 1.54) is 10.5 Å². The van der Waals surface area contributed by atoms with Crippen LogP contribution < -0.4 is 0 Å². The molecule has 0 saturated heterocycles. The Hall–Kier alpha value is -1.13. The Kier molecular flexibility index (Phi) is 4.66. The first kappa shape index (κ1) is 15.3. The van der Waals surface area contributed by atoms with Crippen LogP contribution in [0.1, 0.15) is 37.9 Å². The zero-order valence-corrected chi connectivity index (χ0v) is 14.0. The van der Waals surface area contributed by atoms with Crippen LogP contribution in [0.25, 0.3) is 0 Å². The number of aromatic nitrogens is 2. The van der Waals surface area contributed by atoms with Crippen molar-refractivity contribution >= 4 is 24.0 Å². The third-order valence-electron chi connectivity index (χ3n) is 2.97. The first-order chi connectivity index (χ1) is 9.34. The molecule has 0 atom stereocenters. The maximum atomic E-state index is 5.27. The van der Waals surface area contributed by atoms with Crippen molar-refractivity contribution in [3.05, 3.63) is 52.1 Å². The van der Waals surface area contributed by atoms with Gasteiger partial charge in [-0.2, -0.15) is 0 Å². The number of thioether (sulfide) groups is 1. The van der Waals surface area contributed by atoms with Gasteiger partial charge in [-0.05, 0) is 25.1 Å². The number of rotatable bonds is 3. The lowest BCUT2D eigenvalue weighted by molar-refractivity contribution is 0.563. The molecular formula is C16H20N2S2. The normalized spacial score (nSPS) is 11.6. The summed E-state index contributed by atoms with van der Waals surface area (Å²) in [4.78, 5) is 9.09. The van der Waals surface area contributed by atoms with Crippen LogP contribution in [0.4, 0.5) is 0 Å². The van der Waals surface area contributed by atoms with Crippen LogP contribution in [-0.4, -0.2) is 9.97 Å². The Morgan fingerprint density at radius 1 is 1.25 bits per heavy atom. The van der Waals surface area contributed by atoms with E-state index in [0.717, 1.165) is 17.3 Å². The summed E-state index contributed by atoms with van der Waals surface area (Å²) in [6.45, 7) is 8.62. The molecule has 0 unspecified atom stereocenters. The first-order valence-electron chi connectivity index (χ1n) is 6.65. The molecule has 106 valence electrons. The van der Waals surface area contributed by atoms with Crippen molar-refractivity contribution < 1.29 is 0 Å². The molecule has 1 N–H and O–H groups in total. The summed E-state index contributed by atoms with van der Waals surface area (Å²) in [5, 5.41) is 0. The topological polar surface area (TPSA) is 28.7 Å². The Bertz CT molecular complexity index is 654. The number of nitrogens with zero attached hydrogens (tertiary/aromatic N) is 1. The Morgan fingerprint density at radius 3 is 2.65 bits per heavy atom. The zero-order valence-electron chi connectivity index (χ0n) is 12.4. The molecule has 1 aromatic heterocycles. The van der Waals surface area contributed by atoms with Gasteiger partial charge in [0.05, 0.1) is 5.75 Å². The summed E-state index contributed by atoms with van der Waals surface area (Å²) < 4.78 is 0.661. The smallest absolute Gasteiger partial charge is 0.130 e. The molecule has 1 aromatic carbocycles. The minimum absolute atomic E-state index is 0.0548. The van der Waals surface area contributed by atoms with Crippen LogP contribution in [-0.2, 0) is 11.2 Å². The van der Waals surface area contributed by atoms with Gasteiger partial charge >= 0.3 is 0 Å². The summed E-state index contributed by atoms with van der Waals surface area (Å²) >= 11 is 7.04. The molecule has 0 saturated carbocycles. The zero-order chi connectivity index (χ0) is 14.8. The van der Waals surface area contributed by atoms with Gasteiger partial charge in [-0.25, -0.2) is 4.98 Å². The van der Waals surface area contributed by atoms with Gasteiger partial charge in [-0.3, -0.25) is 0 Å². The van der Waals surface area contributed by atoms with Crippen molar-refractivity contribution in [3.8, 4) is 0 Å². The molecule has 2 rings (SSSR count). The standard InChI is InChI=1S/C16H20N2S2/c1-11-6-5-7-12(8-11)20-10-14-17-13(16(2,3)4)9-15(19)18-14/h5-9H,10H2,1-4H3,(H,17,18,19). The van der Waals surface area contributed by atoms with Crippen molar-refractivity contribution in [2.75, 3.05) is 0 Å². The van der Waals surface area contributed by atoms with E-state index in [1.807, 2.05) is 6.07 Å². The monoisotopic (exact) mass is 304 g/mol. The second-order valence-electron chi connectivity index (χ2n) is 5.93. The number of H-pyrrole nitrogens is 1. The highest BCUT2D eigenvalue weighted by atomic mass is 32.2. The average Bonchev–Trinajstić information content (AvgIpc) is 2.35. The van der Waals surface area contributed by atoms with E-state index in [2.05, 4.69) is 61.9 Å². The molecule has 0 bridgehead atoms. The van der Waals surface area contributed by atoms with Crippen molar-refractivity contribution in [2.24, 2.45) is 0 Å². The lowest BCUT2D eigenvalue weighted by atomic mass is 9.92. The van der Waals surface area contributed by atoms with E-state index < -0.39 is 0 Å². The average molecular weight is 304 g/mol. The van der Waals surface area contributed by atoms with Crippen LogP contribution >= 0.6 is 24.0 Å². The molecule has 4 heteroatoms. The number of aryl methyl sites for hydroxylation is 1. The maximum Gasteiger partial charge on any atom is 0.130 e. The third kappa shape index (κ3) is 4.18. The summed E-state index contributed by atoms with van der Waals surface area (Å²) in [5.41, 5.74) is 2.47. The van der Waals surface area contributed by atoms with Gasteiger partial charge in [0.25, 0.3) is 0 Å². The van der Waals surface area contributed by atoms with Crippen LogP contribution in [0.15, 0.2) is 35.2 Å². The molecule has 0 fully saturated rings. The number of hydrogen-bond donors (Lipinski definition) is 1. The van der Waals surface area contributed by atoms with Crippen LogP contribution in [0, 0.1) is 11.6 Å². The minimum atomic E-state index is 0.0548. The molecule has 0 radical (unpaired) electrons. The molecule has 2 nitrogen and oxygen atoms in total. The minimum Gasteiger partial charge on any atom is -0.346 e. The van der Waals surface area contributed by atoms with E-state index >= 15 is 0 Å². The summed E-state index contributed by atoms with van der Waals surface area (Å²) in [6, 6.07) is 10.5. The SMILES string of the molecule is Cc1cccc(SCc2nc(=S)cc(C(C)(C)C)[nH]2)c1. The quantitative estimate of drug-likeness (QED) is 0.636. The Labute approximate surface area is 130 Å². The molecule has 0 amide bonds. The Morgan fingerprint density at radius 2 is 2.00 bits per heavy atom. The third-order valence-corrected chi connectivity index (χ3v) is 4.18. The molecule has 0 aliphatic heterocycles. The molecule has 0 aliphatic rings. The number of aromatic amines is 1. The molecule has 0 spiro atoms. The predicted octanol–water partition coefficient (Wildman–Crippen LogP) is 5.04. The second kappa shape index (κ2) is 6.10. The van der Waals surface area contributed by atoms with E-state index in [9.17, 15) is 0 Å². The number of hydrogen-bond acceptors (Lipinski definition) is 3. The van der Waals surface area contributed by atoms with Crippen LogP contribution in [0.5, 0.6) is 0 Å². The molecule has 1 heterocycles.